The van der Waals surface area contributed by atoms with E-state index in [1.807, 2.05) is 37.3 Å². The second-order valence-corrected chi connectivity index (χ2v) is 9.57. The van der Waals surface area contributed by atoms with E-state index in [2.05, 4.69) is 11.5 Å². The number of benzene rings is 2. The van der Waals surface area contributed by atoms with Crippen molar-refractivity contribution in [3.63, 3.8) is 0 Å². The van der Waals surface area contributed by atoms with Crippen molar-refractivity contribution in [2.24, 2.45) is 0 Å². The molecule has 2 aromatic carbocycles. The average Bonchev–Trinajstić information content (AvgIpc) is 3.41. The van der Waals surface area contributed by atoms with E-state index < -0.39 is 17.7 Å². The first-order valence-electron chi connectivity index (χ1n) is 12.7. The van der Waals surface area contributed by atoms with Crippen LogP contribution in [-0.4, -0.2) is 78.7 Å². The van der Waals surface area contributed by atoms with Gasteiger partial charge in [0.05, 0.1) is 24.8 Å². The van der Waals surface area contributed by atoms with Gasteiger partial charge in [-0.25, -0.2) is 0 Å². The Morgan fingerprint density at radius 2 is 1.97 bits per heavy atom. The second kappa shape index (κ2) is 10.8. The van der Waals surface area contributed by atoms with Gasteiger partial charge in [0.1, 0.15) is 30.0 Å². The van der Waals surface area contributed by atoms with Crippen molar-refractivity contribution in [2.75, 3.05) is 46.0 Å². The van der Waals surface area contributed by atoms with Crippen LogP contribution in [0.2, 0.25) is 0 Å². The van der Waals surface area contributed by atoms with E-state index in [0.717, 1.165) is 30.8 Å². The number of aliphatic hydroxyl groups is 1. The fourth-order valence-electron chi connectivity index (χ4n) is 5.19. The molecule has 194 valence electrons. The van der Waals surface area contributed by atoms with Gasteiger partial charge in [-0.15, -0.1) is 0 Å². The van der Waals surface area contributed by atoms with Gasteiger partial charge in [0.2, 0.25) is 0 Å². The van der Waals surface area contributed by atoms with Crippen molar-refractivity contribution in [3.05, 3.63) is 77.4 Å². The normalized spacial score (nSPS) is 23.1. The molecule has 0 aromatic heterocycles. The van der Waals surface area contributed by atoms with Gasteiger partial charge in [0.25, 0.3) is 11.7 Å². The number of amides is 1. The van der Waals surface area contributed by atoms with Gasteiger partial charge in [0.15, 0.2) is 0 Å². The number of ether oxygens (including phenoxy) is 3. The molecule has 1 amide bonds. The first-order chi connectivity index (χ1) is 18.0. The van der Waals surface area contributed by atoms with Gasteiger partial charge in [-0.1, -0.05) is 24.8 Å². The number of hydrogen-bond donors (Lipinski definition) is 1. The van der Waals surface area contributed by atoms with E-state index in [1.165, 1.54) is 0 Å². The van der Waals surface area contributed by atoms with Crippen LogP contribution in [0.5, 0.6) is 11.5 Å². The molecule has 0 spiro atoms. The van der Waals surface area contributed by atoms with Gasteiger partial charge >= 0.3 is 0 Å². The zero-order chi connectivity index (χ0) is 25.9. The zero-order valence-corrected chi connectivity index (χ0v) is 21.0. The molecular formula is C29H32N2O6. The van der Waals surface area contributed by atoms with Crippen molar-refractivity contribution in [2.45, 2.75) is 25.5 Å². The van der Waals surface area contributed by atoms with Gasteiger partial charge in [-0.3, -0.25) is 14.5 Å². The highest BCUT2D eigenvalue weighted by molar-refractivity contribution is 6.46. The number of likely N-dealkylation sites (tertiary alicyclic amines) is 1. The van der Waals surface area contributed by atoms with Crippen molar-refractivity contribution in [1.29, 1.82) is 0 Å². The maximum absolute atomic E-state index is 13.4. The number of aliphatic hydroxyl groups excluding tert-OH is 1. The highest BCUT2D eigenvalue weighted by atomic mass is 16.5. The van der Waals surface area contributed by atoms with Gasteiger partial charge in [0, 0.05) is 38.2 Å². The monoisotopic (exact) mass is 504 g/mol. The molecule has 0 radical (unpaired) electrons. The van der Waals surface area contributed by atoms with Crippen LogP contribution in [0.25, 0.3) is 5.76 Å². The minimum atomic E-state index is -0.739. The Labute approximate surface area is 216 Å². The molecule has 2 aromatic rings. The van der Waals surface area contributed by atoms with Crippen LogP contribution in [0.1, 0.15) is 29.7 Å². The Balaban J connectivity index is 1.54. The summed E-state index contributed by atoms with van der Waals surface area (Å²) in [6, 6.07) is 11.9. The van der Waals surface area contributed by atoms with Crippen LogP contribution < -0.4 is 9.47 Å². The van der Waals surface area contributed by atoms with Crippen LogP contribution in [0, 0.1) is 0 Å². The smallest absolute Gasteiger partial charge is 0.295 e. The van der Waals surface area contributed by atoms with Crippen molar-refractivity contribution >= 4 is 17.4 Å². The SMILES string of the molecule is C=CCOc1cccc([C@@H]2/C(=C(\O)c3ccc4c(c3)C[C@H](C)O4)C(=O)C(=O)N2CCN2CCOCC2)c1. The molecule has 0 aliphatic carbocycles. The molecule has 0 unspecified atom stereocenters. The lowest BCUT2D eigenvalue weighted by molar-refractivity contribution is -0.140. The molecule has 1 N–H and O–H groups in total. The molecule has 2 saturated heterocycles. The van der Waals surface area contributed by atoms with Crippen molar-refractivity contribution in [3.8, 4) is 11.5 Å². The predicted molar refractivity (Wildman–Crippen MR) is 139 cm³/mol. The van der Waals surface area contributed by atoms with E-state index in [4.69, 9.17) is 14.2 Å². The molecule has 5 rings (SSSR count). The quantitative estimate of drug-likeness (QED) is 0.255. The fraction of sp³-hybridized carbons (Fsp3) is 0.379. The third-order valence-electron chi connectivity index (χ3n) is 7.01. The number of ketones is 1. The third kappa shape index (κ3) is 5.12. The van der Waals surface area contributed by atoms with E-state index in [1.54, 1.807) is 23.1 Å². The average molecular weight is 505 g/mol. The Bertz CT molecular complexity index is 1230. The number of hydrogen-bond acceptors (Lipinski definition) is 7. The van der Waals surface area contributed by atoms with E-state index in [-0.39, 0.29) is 17.4 Å². The van der Waals surface area contributed by atoms with Gasteiger partial charge < -0.3 is 24.2 Å². The molecule has 3 aliphatic rings. The summed E-state index contributed by atoms with van der Waals surface area (Å²) >= 11 is 0. The molecule has 2 atom stereocenters. The summed E-state index contributed by atoms with van der Waals surface area (Å²) < 4.78 is 16.9. The number of carbonyl (C=O) groups is 2. The summed E-state index contributed by atoms with van der Waals surface area (Å²) in [6.07, 6.45) is 2.42. The van der Waals surface area contributed by atoms with Crippen LogP contribution in [0.3, 0.4) is 0 Å². The molecule has 8 nitrogen and oxygen atoms in total. The second-order valence-electron chi connectivity index (χ2n) is 9.57. The van der Waals surface area contributed by atoms with E-state index in [9.17, 15) is 14.7 Å². The predicted octanol–water partition coefficient (Wildman–Crippen LogP) is 3.33. The summed E-state index contributed by atoms with van der Waals surface area (Å²) in [7, 11) is 0. The number of Topliss-reactive ketones (excluding diaryl/α,β-unsaturated/α-hetero) is 1. The summed E-state index contributed by atoms with van der Waals surface area (Å²) in [5, 5.41) is 11.5. The Morgan fingerprint density at radius 3 is 2.76 bits per heavy atom. The van der Waals surface area contributed by atoms with Gasteiger partial charge in [-0.2, -0.15) is 0 Å². The molecule has 3 aliphatic heterocycles. The molecule has 3 heterocycles. The Morgan fingerprint density at radius 1 is 1.16 bits per heavy atom. The summed E-state index contributed by atoms with van der Waals surface area (Å²) in [5.41, 5.74) is 2.24. The topological polar surface area (TPSA) is 88.5 Å². The lowest BCUT2D eigenvalue weighted by atomic mass is 9.94. The van der Waals surface area contributed by atoms with Crippen LogP contribution in [0.4, 0.5) is 0 Å². The minimum absolute atomic E-state index is 0.0523. The first kappa shape index (κ1) is 25.0. The Kier molecular flexibility index (Phi) is 7.30. The Hall–Kier alpha value is -3.62. The van der Waals surface area contributed by atoms with Crippen LogP contribution in [0.15, 0.2) is 60.7 Å². The fourth-order valence-corrected chi connectivity index (χ4v) is 5.19. The molecular weight excluding hydrogens is 472 g/mol. The highest BCUT2D eigenvalue weighted by Crippen LogP contribution is 2.41. The number of rotatable bonds is 8. The third-order valence-corrected chi connectivity index (χ3v) is 7.01. The maximum Gasteiger partial charge on any atom is 0.295 e. The molecule has 0 saturated carbocycles. The first-order valence-corrected chi connectivity index (χ1v) is 12.7. The summed E-state index contributed by atoms with van der Waals surface area (Å²) in [6.45, 7) is 9.79. The standard InChI is InChI=1S/C29H32N2O6/c1-3-13-36-23-6-4-5-20(18-23)26-25(27(32)21-7-8-24-22(17-21)16-19(2)37-24)28(33)29(34)31(26)10-9-30-11-14-35-15-12-30/h3-8,17-19,26,32H,1,9-16H2,2H3/b27-25+/t19-,26+/m0/s1. The highest BCUT2D eigenvalue weighted by Gasteiger charge is 2.46. The molecule has 37 heavy (non-hydrogen) atoms. The van der Waals surface area contributed by atoms with E-state index in [0.29, 0.717) is 49.8 Å². The van der Waals surface area contributed by atoms with E-state index >= 15 is 0 Å². The van der Waals surface area contributed by atoms with Crippen LogP contribution >= 0.6 is 0 Å². The lowest BCUT2D eigenvalue weighted by Gasteiger charge is -2.31. The minimum Gasteiger partial charge on any atom is -0.507 e. The maximum atomic E-state index is 13.4. The largest absolute Gasteiger partial charge is 0.507 e. The molecule has 8 heteroatoms. The van der Waals surface area contributed by atoms with Gasteiger partial charge in [-0.05, 0) is 48.4 Å². The van der Waals surface area contributed by atoms with Crippen molar-refractivity contribution in [1.82, 2.24) is 9.80 Å². The molecule has 0 bridgehead atoms. The zero-order valence-electron chi connectivity index (χ0n) is 21.0. The number of fused-ring (bicyclic) bond motifs is 1. The molecule has 2 fully saturated rings. The van der Waals surface area contributed by atoms with Crippen molar-refractivity contribution < 1.29 is 28.9 Å². The number of morpholine rings is 1. The van der Waals surface area contributed by atoms with Crippen LogP contribution in [-0.2, 0) is 20.7 Å². The number of nitrogens with zero attached hydrogens (tertiary/aromatic N) is 2. The summed E-state index contributed by atoms with van der Waals surface area (Å²) in [4.78, 5) is 30.5. The summed E-state index contributed by atoms with van der Waals surface area (Å²) in [5.74, 6) is -0.113. The number of carbonyl (C=O) groups excluding carboxylic acids is 2. The lowest BCUT2D eigenvalue weighted by Crippen LogP contribution is -2.42.